The highest BCUT2D eigenvalue weighted by molar-refractivity contribution is 5.78. The van der Waals surface area contributed by atoms with Gasteiger partial charge in [-0.3, -0.25) is 9.69 Å². The van der Waals surface area contributed by atoms with Crippen LogP contribution in [0.4, 0.5) is 0 Å². The molecule has 2 atom stereocenters. The van der Waals surface area contributed by atoms with Gasteiger partial charge in [0.25, 0.3) is 0 Å². The summed E-state index contributed by atoms with van der Waals surface area (Å²) in [6, 6.07) is 8.99. The molecule has 3 rings (SSSR count). The van der Waals surface area contributed by atoms with E-state index >= 15 is 0 Å². The van der Waals surface area contributed by atoms with Crippen molar-refractivity contribution in [2.75, 3.05) is 32.8 Å². The zero-order valence-electron chi connectivity index (χ0n) is 14.6. The van der Waals surface area contributed by atoms with Gasteiger partial charge in [-0.05, 0) is 37.4 Å². The number of carbonyl (C=O) groups excluding carboxylic acids is 1. The van der Waals surface area contributed by atoms with E-state index in [1.807, 2.05) is 0 Å². The minimum atomic E-state index is 0.151. The number of nitrogens with one attached hydrogen (secondary N) is 2. The summed E-state index contributed by atoms with van der Waals surface area (Å²) in [6.07, 6.45) is 1.87. The van der Waals surface area contributed by atoms with Crippen LogP contribution in [0.2, 0.25) is 0 Å². The molecular formula is C19H29N3O2. The van der Waals surface area contributed by atoms with Crippen molar-refractivity contribution >= 4 is 5.91 Å². The Morgan fingerprint density at radius 3 is 2.92 bits per heavy atom. The fraction of sp³-hybridized carbons (Fsp3) is 0.632. The Labute approximate surface area is 144 Å². The molecule has 132 valence electrons. The molecule has 2 aliphatic rings. The van der Waals surface area contributed by atoms with Crippen LogP contribution in [0, 0.1) is 5.92 Å². The molecule has 0 aliphatic carbocycles. The van der Waals surface area contributed by atoms with Crippen molar-refractivity contribution in [3.63, 3.8) is 0 Å². The van der Waals surface area contributed by atoms with Gasteiger partial charge in [-0.1, -0.05) is 24.3 Å². The van der Waals surface area contributed by atoms with Crippen molar-refractivity contribution in [1.29, 1.82) is 0 Å². The first-order valence-corrected chi connectivity index (χ1v) is 9.10. The lowest BCUT2D eigenvalue weighted by molar-refractivity contribution is -0.126. The van der Waals surface area contributed by atoms with E-state index in [0.29, 0.717) is 12.6 Å². The van der Waals surface area contributed by atoms with Gasteiger partial charge in [-0.15, -0.1) is 0 Å². The molecule has 0 bridgehead atoms. The summed E-state index contributed by atoms with van der Waals surface area (Å²) in [5, 5.41) is 6.51. The van der Waals surface area contributed by atoms with E-state index in [1.165, 1.54) is 11.1 Å². The van der Waals surface area contributed by atoms with Crippen LogP contribution < -0.4 is 10.6 Å². The number of carbonyl (C=O) groups is 1. The van der Waals surface area contributed by atoms with Crippen LogP contribution in [0.15, 0.2) is 24.3 Å². The third kappa shape index (κ3) is 5.03. The SMILES string of the molecule is C[C@H]1C[C@@H](C(=O)NCc2cccc(CN3CCOCC3)c2)CCN1. The Balaban J connectivity index is 1.49. The third-order valence-corrected chi connectivity index (χ3v) is 4.96. The van der Waals surface area contributed by atoms with E-state index in [-0.39, 0.29) is 11.8 Å². The molecule has 1 aromatic rings. The molecule has 24 heavy (non-hydrogen) atoms. The number of benzene rings is 1. The second kappa shape index (κ2) is 8.60. The average Bonchev–Trinajstić information content (AvgIpc) is 2.61. The van der Waals surface area contributed by atoms with Gasteiger partial charge in [-0.2, -0.15) is 0 Å². The van der Waals surface area contributed by atoms with E-state index in [0.717, 1.165) is 52.2 Å². The van der Waals surface area contributed by atoms with Gasteiger partial charge in [-0.25, -0.2) is 0 Å². The van der Waals surface area contributed by atoms with Crippen LogP contribution in [-0.4, -0.2) is 49.7 Å². The second-order valence-electron chi connectivity index (χ2n) is 7.00. The van der Waals surface area contributed by atoms with Crippen molar-refractivity contribution in [3.8, 4) is 0 Å². The molecule has 5 heteroatoms. The Hall–Kier alpha value is -1.43. The summed E-state index contributed by atoms with van der Waals surface area (Å²) in [5.74, 6) is 0.347. The smallest absolute Gasteiger partial charge is 0.223 e. The summed E-state index contributed by atoms with van der Waals surface area (Å²) >= 11 is 0. The molecule has 1 aromatic carbocycles. The number of rotatable bonds is 5. The Morgan fingerprint density at radius 1 is 1.33 bits per heavy atom. The lowest BCUT2D eigenvalue weighted by Crippen LogP contribution is -2.42. The maximum absolute atomic E-state index is 12.4. The van der Waals surface area contributed by atoms with Gasteiger partial charge in [0.1, 0.15) is 0 Å². The molecule has 0 spiro atoms. The maximum Gasteiger partial charge on any atom is 0.223 e. The van der Waals surface area contributed by atoms with E-state index in [2.05, 4.69) is 46.7 Å². The van der Waals surface area contributed by atoms with Crippen LogP contribution in [0.5, 0.6) is 0 Å². The van der Waals surface area contributed by atoms with Gasteiger partial charge in [0.05, 0.1) is 13.2 Å². The van der Waals surface area contributed by atoms with Crippen LogP contribution in [0.3, 0.4) is 0 Å². The van der Waals surface area contributed by atoms with E-state index in [9.17, 15) is 4.79 Å². The van der Waals surface area contributed by atoms with Crippen molar-refractivity contribution in [1.82, 2.24) is 15.5 Å². The summed E-state index contributed by atoms with van der Waals surface area (Å²) in [6.45, 7) is 8.30. The van der Waals surface area contributed by atoms with Gasteiger partial charge < -0.3 is 15.4 Å². The molecule has 0 saturated carbocycles. The summed E-state index contributed by atoms with van der Waals surface area (Å²) < 4.78 is 5.40. The predicted octanol–water partition coefficient (Wildman–Crippen LogP) is 1.52. The standard InChI is InChI=1S/C19H29N3O2/c1-15-11-18(5-6-20-15)19(23)21-13-16-3-2-4-17(12-16)14-22-7-9-24-10-8-22/h2-4,12,15,18,20H,5-11,13-14H2,1H3,(H,21,23)/t15-,18-/m0/s1. The Morgan fingerprint density at radius 2 is 2.12 bits per heavy atom. The highest BCUT2D eigenvalue weighted by atomic mass is 16.5. The molecule has 0 aromatic heterocycles. The van der Waals surface area contributed by atoms with E-state index in [4.69, 9.17) is 4.74 Å². The monoisotopic (exact) mass is 331 g/mol. The molecule has 2 aliphatic heterocycles. The molecule has 5 nitrogen and oxygen atoms in total. The summed E-state index contributed by atoms with van der Waals surface area (Å²) in [7, 11) is 0. The minimum absolute atomic E-state index is 0.151. The van der Waals surface area contributed by atoms with Crippen molar-refractivity contribution in [2.24, 2.45) is 5.92 Å². The Bertz CT molecular complexity index is 543. The number of morpholine rings is 1. The van der Waals surface area contributed by atoms with Crippen LogP contribution in [-0.2, 0) is 22.6 Å². The number of nitrogens with zero attached hydrogens (tertiary/aromatic N) is 1. The molecule has 0 radical (unpaired) electrons. The molecule has 2 heterocycles. The van der Waals surface area contributed by atoms with Crippen LogP contribution >= 0.6 is 0 Å². The van der Waals surface area contributed by atoms with Gasteiger partial charge in [0.15, 0.2) is 0 Å². The lowest BCUT2D eigenvalue weighted by atomic mass is 9.92. The highest BCUT2D eigenvalue weighted by Gasteiger charge is 2.24. The molecular weight excluding hydrogens is 302 g/mol. The summed E-state index contributed by atoms with van der Waals surface area (Å²) in [4.78, 5) is 14.8. The zero-order chi connectivity index (χ0) is 16.8. The van der Waals surface area contributed by atoms with Gasteiger partial charge in [0.2, 0.25) is 5.91 Å². The third-order valence-electron chi connectivity index (χ3n) is 4.96. The predicted molar refractivity (Wildman–Crippen MR) is 94.6 cm³/mol. The second-order valence-corrected chi connectivity index (χ2v) is 7.00. The van der Waals surface area contributed by atoms with E-state index in [1.54, 1.807) is 0 Å². The lowest BCUT2D eigenvalue weighted by Gasteiger charge is -2.27. The normalized spacial score (nSPS) is 25.4. The quantitative estimate of drug-likeness (QED) is 0.859. The van der Waals surface area contributed by atoms with Crippen LogP contribution in [0.25, 0.3) is 0 Å². The minimum Gasteiger partial charge on any atom is -0.379 e. The van der Waals surface area contributed by atoms with Crippen LogP contribution in [0.1, 0.15) is 30.9 Å². The molecule has 1 amide bonds. The van der Waals surface area contributed by atoms with Crippen molar-refractivity contribution < 1.29 is 9.53 Å². The van der Waals surface area contributed by atoms with Gasteiger partial charge in [0, 0.05) is 38.1 Å². The fourth-order valence-electron chi connectivity index (χ4n) is 3.56. The molecule has 2 saturated heterocycles. The first-order valence-electron chi connectivity index (χ1n) is 9.10. The largest absolute Gasteiger partial charge is 0.379 e. The highest BCUT2D eigenvalue weighted by Crippen LogP contribution is 2.16. The first kappa shape index (κ1) is 17.4. The van der Waals surface area contributed by atoms with Crippen molar-refractivity contribution in [3.05, 3.63) is 35.4 Å². The number of hydrogen-bond acceptors (Lipinski definition) is 4. The Kier molecular flexibility index (Phi) is 6.24. The number of piperidine rings is 1. The van der Waals surface area contributed by atoms with E-state index < -0.39 is 0 Å². The zero-order valence-corrected chi connectivity index (χ0v) is 14.6. The molecule has 2 N–H and O–H groups in total. The maximum atomic E-state index is 12.4. The molecule has 2 fully saturated rings. The number of hydrogen-bond donors (Lipinski definition) is 2. The fourth-order valence-corrected chi connectivity index (χ4v) is 3.56. The number of amides is 1. The summed E-state index contributed by atoms with van der Waals surface area (Å²) in [5.41, 5.74) is 2.48. The molecule has 0 unspecified atom stereocenters. The van der Waals surface area contributed by atoms with Gasteiger partial charge >= 0.3 is 0 Å². The first-order chi connectivity index (χ1) is 11.7. The number of ether oxygens (including phenoxy) is 1. The van der Waals surface area contributed by atoms with Crippen molar-refractivity contribution in [2.45, 2.75) is 38.9 Å². The topological polar surface area (TPSA) is 53.6 Å². The average molecular weight is 331 g/mol.